The summed E-state index contributed by atoms with van der Waals surface area (Å²) in [5, 5.41) is 0. The molecule has 0 fully saturated rings. The lowest BCUT2D eigenvalue weighted by Gasteiger charge is -2.30. The number of hydrogen-bond acceptors (Lipinski definition) is 2. The summed E-state index contributed by atoms with van der Waals surface area (Å²) in [6.45, 7) is -0.0241. The first-order chi connectivity index (χ1) is 8.93. The van der Waals surface area contributed by atoms with Crippen molar-refractivity contribution in [3.05, 3.63) is 41.2 Å². The Morgan fingerprint density at radius 2 is 2.00 bits per heavy atom. The van der Waals surface area contributed by atoms with E-state index in [0.29, 0.717) is 6.29 Å². The fraction of sp³-hybridized carbons (Fsp3) is 0.308. The average Bonchev–Trinajstić information content (AvgIpc) is 2.37. The molecule has 0 radical (unpaired) electrons. The molecule has 0 unspecified atom stereocenters. The molecule has 0 bridgehead atoms. The van der Waals surface area contributed by atoms with Crippen LogP contribution in [0.15, 0.2) is 29.8 Å². The molecule has 1 aliphatic heterocycles. The molecule has 0 saturated heterocycles. The highest BCUT2D eigenvalue weighted by Gasteiger charge is 2.35. The summed E-state index contributed by atoms with van der Waals surface area (Å²) in [6.07, 6.45) is -3.02. The summed E-state index contributed by atoms with van der Waals surface area (Å²) in [4.78, 5) is 12.3. The van der Waals surface area contributed by atoms with E-state index in [1.165, 1.54) is 23.1 Å². The largest absolute Gasteiger partial charge is 0.412 e. The molecule has 0 aliphatic carbocycles. The van der Waals surface area contributed by atoms with Gasteiger partial charge in [0.05, 0.1) is 5.69 Å². The first-order valence-corrected chi connectivity index (χ1v) is 5.68. The number of anilines is 1. The number of alkyl halides is 3. The van der Waals surface area contributed by atoms with E-state index in [0.717, 1.165) is 6.08 Å². The van der Waals surface area contributed by atoms with Gasteiger partial charge in [0, 0.05) is 24.2 Å². The van der Waals surface area contributed by atoms with Gasteiger partial charge < -0.3 is 4.90 Å². The van der Waals surface area contributed by atoms with Gasteiger partial charge in [0.15, 0.2) is 6.29 Å². The summed E-state index contributed by atoms with van der Waals surface area (Å²) >= 11 is 0. The van der Waals surface area contributed by atoms with Crippen molar-refractivity contribution < 1.29 is 22.4 Å². The third-order valence-electron chi connectivity index (χ3n) is 3.03. The molecule has 0 aromatic heterocycles. The molecule has 1 heterocycles. The van der Waals surface area contributed by atoms with Crippen molar-refractivity contribution >= 4 is 12.0 Å². The molecule has 0 atom stereocenters. The zero-order valence-corrected chi connectivity index (χ0v) is 9.88. The maximum atomic E-state index is 13.7. The van der Waals surface area contributed by atoms with Crippen LogP contribution in [0.5, 0.6) is 0 Å². The predicted molar refractivity (Wildman–Crippen MR) is 62.8 cm³/mol. The number of benzene rings is 1. The van der Waals surface area contributed by atoms with Gasteiger partial charge in [0.2, 0.25) is 0 Å². The molecule has 1 aromatic rings. The summed E-state index contributed by atoms with van der Waals surface area (Å²) in [6, 6.07) is 4.02. The number of rotatable bonds is 2. The van der Waals surface area contributed by atoms with Crippen LogP contribution in [-0.2, 0) is 0 Å². The van der Waals surface area contributed by atoms with E-state index in [2.05, 4.69) is 0 Å². The topological polar surface area (TPSA) is 20.3 Å². The number of hydrogen-bond donors (Lipinski definition) is 0. The van der Waals surface area contributed by atoms with Crippen molar-refractivity contribution in [2.24, 2.45) is 0 Å². The Labute approximate surface area is 107 Å². The van der Waals surface area contributed by atoms with Crippen LogP contribution in [0, 0.1) is 5.82 Å². The summed E-state index contributed by atoms with van der Waals surface area (Å²) in [5.74, 6) is -0.603. The van der Waals surface area contributed by atoms with Crippen molar-refractivity contribution in [1.82, 2.24) is 0 Å². The summed E-state index contributed by atoms with van der Waals surface area (Å²) in [5.41, 5.74) is -0.397. The van der Waals surface area contributed by atoms with E-state index in [1.54, 1.807) is 0 Å². The van der Waals surface area contributed by atoms with Crippen LogP contribution in [0.25, 0.3) is 0 Å². The van der Waals surface area contributed by atoms with Gasteiger partial charge in [0.1, 0.15) is 5.82 Å². The second-order valence-corrected chi connectivity index (χ2v) is 4.22. The van der Waals surface area contributed by atoms with Gasteiger partial charge >= 0.3 is 6.18 Å². The number of nitrogens with zero attached hydrogens (tertiary/aromatic N) is 1. The molecule has 0 amide bonds. The normalized spacial score (nSPS) is 16.2. The quantitative estimate of drug-likeness (QED) is 0.468. The lowest BCUT2D eigenvalue weighted by Crippen LogP contribution is -2.33. The van der Waals surface area contributed by atoms with Gasteiger partial charge in [-0.05, 0) is 18.6 Å². The van der Waals surface area contributed by atoms with Crippen LogP contribution in [0.1, 0.15) is 16.8 Å². The van der Waals surface area contributed by atoms with Crippen LogP contribution in [0.3, 0.4) is 0 Å². The Bertz CT molecular complexity index is 522. The molecular formula is C13H11F4NO. The monoisotopic (exact) mass is 273 g/mol. The van der Waals surface area contributed by atoms with Crippen molar-refractivity contribution in [3.8, 4) is 0 Å². The molecule has 19 heavy (non-hydrogen) atoms. The Balaban J connectivity index is 2.28. The third-order valence-corrected chi connectivity index (χ3v) is 3.03. The second-order valence-electron chi connectivity index (χ2n) is 4.22. The first-order valence-electron chi connectivity index (χ1n) is 5.68. The minimum absolute atomic E-state index is 0.0348. The Kier molecular flexibility index (Phi) is 3.59. The SMILES string of the molecule is O=Cc1cccc(F)c1N1CC=C(C(F)(F)F)CC1. The number of halogens is 4. The number of para-hydroxylation sites is 1. The fourth-order valence-electron chi connectivity index (χ4n) is 2.09. The van der Waals surface area contributed by atoms with E-state index in [9.17, 15) is 22.4 Å². The van der Waals surface area contributed by atoms with Gasteiger partial charge in [-0.2, -0.15) is 13.2 Å². The van der Waals surface area contributed by atoms with Crippen LogP contribution < -0.4 is 4.90 Å². The second kappa shape index (κ2) is 5.03. The molecular weight excluding hydrogens is 262 g/mol. The highest BCUT2D eigenvalue weighted by molar-refractivity contribution is 5.85. The maximum Gasteiger partial charge on any atom is 0.412 e. The standard InChI is InChI=1S/C13H11F4NO/c14-11-3-1-2-9(8-19)12(11)18-6-4-10(5-7-18)13(15,16)17/h1-4,8H,5-7H2. The highest BCUT2D eigenvalue weighted by atomic mass is 19.4. The van der Waals surface area contributed by atoms with Gasteiger partial charge in [-0.3, -0.25) is 4.79 Å². The van der Waals surface area contributed by atoms with Crippen molar-refractivity contribution in [2.45, 2.75) is 12.6 Å². The first kappa shape index (κ1) is 13.6. The lowest BCUT2D eigenvalue weighted by molar-refractivity contribution is -0.0944. The maximum absolute atomic E-state index is 13.7. The van der Waals surface area contributed by atoms with E-state index >= 15 is 0 Å². The minimum atomic E-state index is -4.34. The summed E-state index contributed by atoms with van der Waals surface area (Å²) < 4.78 is 51.1. The molecule has 1 aromatic carbocycles. The van der Waals surface area contributed by atoms with Crippen LogP contribution in [-0.4, -0.2) is 25.6 Å². The molecule has 6 heteroatoms. The van der Waals surface area contributed by atoms with Gasteiger partial charge in [-0.25, -0.2) is 4.39 Å². The molecule has 1 aliphatic rings. The van der Waals surface area contributed by atoms with Crippen LogP contribution >= 0.6 is 0 Å². The highest BCUT2D eigenvalue weighted by Crippen LogP contribution is 2.33. The zero-order chi connectivity index (χ0) is 14.0. The van der Waals surface area contributed by atoms with Gasteiger partial charge in [-0.1, -0.05) is 12.1 Å². The molecule has 0 N–H and O–H groups in total. The number of carbonyl (C=O) groups excluding carboxylic acids is 1. The molecule has 0 spiro atoms. The van der Waals surface area contributed by atoms with Crippen molar-refractivity contribution in [3.63, 3.8) is 0 Å². The Morgan fingerprint density at radius 3 is 2.53 bits per heavy atom. The lowest BCUT2D eigenvalue weighted by atomic mass is 10.1. The van der Waals surface area contributed by atoms with E-state index in [4.69, 9.17) is 0 Å². The van der Waals surface area contributed by atoms with Crippen molar-refractivity contribution in [2.75, 3.05) is 18.0 Å². The smallest absolute Gasteiger partial charge is 0.365 e. The van der Waals surface area contributed by atoms with E-state index in [1.807, 2.05) is 0 Å². The van der Waals surface area contributed by atoms with E-state index in [-0.39, 0.29) is 30.8 Å². The van der Waals surface area contributed by atoms with Crippen LogP contribution in [0.2, 0.25) is 0 Å². The van der Waals surface area contributed by atoms with Gasteiger partial charge in [-0.15, -0.1) is 0 Å². The molecule has 0 saturated carbocycles. The minimum Gasteiger partial charge on any atom is -0.365 e. The Hall–Kier alpha value is -1.85. The average molecular weight is 273 g/mol. The number of carbonyl (C=O) groups is 1. The molecule has 2 rings (SSSR count). The van der Waals surface area contributed by atoms with E-state index < -0.39 is 17.6 Å². The molecule has 102 valence electrons. The number of aldehydes is 1. The van der Waals surface area contributed by atoms with Crippen molar-refractivity contribution in [1.29, 1.82) is 0 Å². The third kappa shape index (κ3) is 2.77. The predicted octanol–water partition coefficient (Wildman–Crippen LogP) is 3.34. The van der Waals surface area contributed by atoms with Gasteiger partial charge in [0.25, 0.3) is 0 Å². The summed E-state index contributed by atoms with van der Waals surface area (Å²) in [7, 11) is 0. The fourth-order valence-corrected chi connectivity index (χ4v) is 2.09. The van der Waals surface area contributed by atoms with Crippen LogP contribution in [0.4, 0.5) is 23.2 Å². The zero-order valence-electron chi connectivity index (χ0n) is 9.88. The Morgan fingerprint density at radius 1 is 1.26 bits per heavy atom. The molecule has 2 nitrogen and oxygen atoms in total.